The van der Waals surface area contributed by atoms with Crippen LogP contribution in [0.3, 0.4) is 0 Å². The van der Waals surface area contributed by atoms with Crippen molar-refractivity contribution >= 4 is 35.5 Å². The number of carbonyl (C=O) groups excluding carboxylic acids is 3. The lowest BCUT2D eigenvalue weighted by Gasteiger charge is -2.28. The Hall–Kier alpha value is -2.79. The van der Waals surface area contributed by atoms with E-state index < -0.39 is 47.9 Å². The summed E-state index contributed by atoms with van der Waals surface area (Å²) in [5.41, 5.74) is 6.32. The normalized spacial score (nSPS) is 15.3. The van der Waals surface area contributed by atoms with Gasteiger partial charge in [0.2, 0.25) is 17.7 Å². The minimum Gasteiger partial charge on any atom is -0.508 e. The van der Waals surface area contributed by atoms with Crippen LogP contribution in [0.5, 0.6) is 5.75 Å². The molecule has 0 aromatic heterocycles. The average molecular weight is 497 g/mol. The van der Waals surface area contributed by atoms with E-state index in [0.29, 0.717) is 17.7 Å². The number of nitrogens with one attached hydrogen (secondary N) is 3. The SMILES string of the molecule is CCC(C)C(NC(=O)C(Cc1ccc(O)cc1)NC(=O)C(C)N)C(=O)NC(CCSC)C(=O)O. The Balaban J connectivity index is 3.08. The Morgan fingerprint density at radius 1 is 0.971 bits per heavy atom. The molecule has 0 heterocycles. The van der Waals surface area contributed by atoms with Crippen molar-refractivity contribution in [1.29, 1.82) is 0 Å². The number of benzene rings is 1. The molecule has 3 amide bonds. The number of hydrogen-bond acceptors (Lipinski definition) is 7. The predicted molar refractivity (Wildman–Crippen MR) is 131 cm³/mol. The summed E-state index contributed by atoms with van der Waals surface area (Å²) in [6.45, 7) is 5.11. The fraction of sp³-hybridized carbons (Fsp3) is 0.565. The molecule has 0 fully saturated rings. The van der Waals surface area contributed by atoms with Crippen molar-refractivity contribution in [1.82, 2.24) is 16.0 Å². The van der Waals surface area contributed by atoms with Gasteiger partial charge in [-0.05, 0) is 49.0 Å². The minimum atomic E-state index is -1.15. The van der Waals surface area contributed by atoms with Gasteiger partial charge >= 0.3 is 5.97 Å². The van der Waals surface area contributed by atoms with E-state index in [9.17, 15) is 29.4 Å². The van der Waals surface area contributed by atoms with E-state index in [-0.39, 0.29) is 24.5 Å². The van der Waals surface area contributed by atoms with Crippen molar-refractivity contribution in [2.24, 2.45) is 11.7 Å². The Morgan fingerprint density at radius 3 is 2.06 bits per heavy atom. The maximum atomic E-state index is 13.2. The van der Waals surface area contributed by atoms with Crippen LogP contribution in [0.4, 0.5) is 0 Å². The van der Waals surface area contributed by atoms with E-state index in [1.165, 1.54) is 30.8 Å². The second-order valence-corrected chi connectivity index (χ2v) is 9.26. The van der Waals surface area contributed by atoms with Crippen LogP contribution in [0.15, 0.2) is 24.3 Å². The van der Waals surface area contributed by atoms with Crippen molar-refractivity contribution in [2.75, 3.05) is 12.0 Å². The van der Waals surface area contributed by atoms with Gasteiger partial charge in [-0.3, -0.25) is 14.4 Å². The molecule has 34 heavy (non-hydrogen) atoms. The zero-order valence-corrected chi connectivity index (χ0v) is 20.9. The predicted octanol–water partition coefficient (Wildman–Crippen LogP) is 0.620. The molecule has 0 spiro atoms. The van der Waals surface area contributed by atoms with Crippen LogP contribution in [0.2, 0.25) is 0 Å². The molecule has 0 aliphatic rings. The fourth-order valence-electron chi connectivity index (χ4n) is 3.09. The summed E-state index contributed by atoms with van der Waals surface area (Å²) in [7, 11) is 0. The molecule has 190 valence electrons. The first-order valence-electron chi connectivity index (χ1n) is 11.2. The van der Waals surface area contributed by atoms with Gasteiger partial charge in [-0.15, -0.1) is 0 Å². The lowest BCUT2D eigenvalue weighted by atomic mass is 9.96. The van der Waals surface area contributed by atoms with Gasteiger partial charge in [0.15, 0.2) is 0 Å². The summed E-state index contributed by atoms with van der Waals surface area (Å²) in [4.78, 5) is 49.9. The molecule has 11 heteroatoms. The van der Waals surface area contributed by atoms with Crippen LogP contribution in [-0.4, -0.2) is 70.1 Å². The standard InChI is InChI=1S/C23H36N4O6S/c1-5-13(2)19(22(31)25-17(23(32)33)10-11-34-4)27-21(30)18(26-20(29)14(3)24)12-15-6-8-16(28)9-7-15/h6-9,13-14,17-19,28H,5,10-12,24H2,1-4H3,(H,25,31)(H,26,29)(H,27,30)(H,32,33). The molecule has 0 bridgehead atoms. The molecule has 0 saturated heterocycles. The second kappa shape index (κ2) is 14.5. The number of phenolic OH excluding ortho intramolecular Hbond substituents is 1. The van der Waals surface area contributed by atoms with Gasteiger partial charge < -0.3 is 31.9 Å². The number of thioether (sulfide) groups is 1. The van der Waals surface area contributed by atoms with Crippen LogP contribution < -0.4 is 21.7 Å². The zero-order chi connectivity index (χ0) is 25.8. The molecular weight excluding hydrogens is 460 g/mol. The number of phenols is 1. The van der Waals surface area contributed by atoms with Gasteiger partial charge in [0.25, 0.3) is 0 Å². The summed E-state index contributed by atoms with van der Waals surface area (Å²) in [6, 6.07) is 2.22. The molecule has 0 saturated carbocycles. The zero-order valence-electron chi connectivity index (χ0n) is 20.0. The molecule has 1 rings (SSSR count). The van der Waals surface area contributed by atoms with E-state index in [1.54, 1.807) is 19.1 Å². The molecule has 7 N–H and O–H groups in total. The van der Waals surface area contributed by atoms with E-state index >= 15 is 0 Å². The Labute approximate surface area is 204 Å². The van der Waals surface area contributed by atoms with Crippen molar-refractivity contribution in [3.8, 4) is 5.75 Å². The number of rotatable bonds is 14. The van der Waals surface area contributed by atoms with Crippen LogP contribution in [-0.2, 0) is 25.6 Å². The highest BCUT2D eigenvalue weighted by Gasteiger charge is 2.32. The van der Waals surface area contributed by atoms with Crippen molar-refractivity contribution in [2.45, 2.75) is 64.2 Å². The molecule has 0 aliphatic heterocycles. The van der Waals surface area contributed by atoms with Gasteiger partial charge in [-0.25, -0.2) is 4.79 Å². The van der Waals surface area contributed by atoms with Crippen molar-refractivity contribution in [3.05, 3.63) is 29.8 Å². The third kappa shape index (κ3) is 9.60. The highest BCUT2D eigenvalue weighted by atomic mass is 32.2. The highest BCUT2D eigenvalue weighted by Crippen LogP contribution is 2.13. The van der Waals surface area contributed by atoms with Gasteiger partial charge in [0, 0.05) is 6.42 Å². The fourth-order valence-corrected chi connectivity index (χ4v) is 3.56. The molecule has 0 aliphatic carbocycles. The molecular formula is C23H36N4O6S. The van der Waals surface area contributed by atoms with Gasteiger partial charge in [-0.2, -0.15) is 11.8 Å². The number of aliphatic carboxylic acids is 1. The van der Waals surface area contributed by atoms with Crippen molar-refractivity contribution in [3.63, 3.8) is 0 Å². The van der Waals surface area contributed by atoms with Gasteiger partial charge in [-0.1, -0.05) is 32.4 Å². The third-order valence-electron chi connectivity index (χ3n) is 5.44. The van der Waals surface area contributed by atoms with Crippen LogP contribution >= 0.6 is 11.8 Å². The van der Waals surface area contributed by atoms with E-state index in [0.717, 1.165) is 0 Å². The maximum absolute atomic E-state index is 13.2. The molecule has 5 atom stereocenters. The van der Waals surface area contributed by atoms with E-state index in [4.69, 9.17) is 5.73 Å². The van der Waals surface area contributed by atoms with Crippen LogP contribution in [0.25, 0.3) is 0 Å². The minimum absolute atomic E-state index is 0.0623. The number of carboxylic acid groups (broad SMARTS) is 1. The number of carbonyl (C=O) groups is 4. The molecule has 1 aromatic carbocycles. The first kappa shape index (κ1) is 29.2. The molecule has 10 nitrogen and oxygen atoms in total. The summed E-state index contributed by atoms with van der Waals surface area (Å²) in [5, 5.41) is 26.8. The van der Waals surface area contributed by atoms with E-state index in [2.05, 4.69) is 16.0 Å². The summed E-state index contributed by atoms with van der Waals surface area (Å²) < 4.78 is 0. The third-order valence-corrected chi connectivity index (χ3v) is 6.09. The largest absolute Gasteiger partial charge is 0.508 e. The number of hydrogen-bond donors (Lipinski definition) is 6. The summed E-state index contributed by atoms with van der Waals surface area (Å²) >= 11 is 1.47. The maximum Gasteiger partial charge on any atom is 0.326 e. The van der Waals surface area contributed by atoms with Gasteiger partial charge in [0.1, 0.15) is 23.9 Å². The first-order valence-corrected chi connectivity index (χ1v) is 12.6. The molecule has 5 unspecified atom stereocenters. The molecule has 0 radical (unpaired) electrons. The lowest BCUT2D eigenvalue weighted by Crippen LogP contribution is -2.59. The molecule has 1 aromatic rings. The Morgan fingerprint density at radius 2 is 1.56 bits per heavy atom. The average Bonchev–Trinajstić information content (AvgIpc) is 2.79. The topological polar surface area (TPSA) is 171 Å². The number of carboxylic acids is 1. The summed E-state index contributed by atoms with van der Waals surface area (Å²) in [6.07, 6.45) is 2.74. The smallest absolute Gasteiger partial charge is 0.326 e. The van der Waals surface area contributed by atoms with Crippen LogP contribution in [0, 0.1) is 5.92 Å². The Bertz CT molecular complexity index is 833. The summed E-state index contributed by atoms with van der Waals surface area (Å²) in [5.74, 6) is -2.56. The van der Waals surface area contributed by atoms with Crippen molar-refractivity contribution < 1.29 is 29.4 Å². The van der Waals surface area contributed by atoms with Crippen LogP contribution in [0.1, 0.15) is 39.2 Å². The number of nitrogens with two attached hydrogens (primary N) is 1. The second-order valence-electron chi connectivity index (χ2n) is 8.27. The van der Waals surface area contributed by atoms with E-state index in [1.807, 2.05) is 13.2 Å². The number of aromatic hydroxyl groups is 1. The quantitative estimate of drug-likeness (QED) is 0.218. The van der Waals surface area contributed by atoms with Gasteiger partial charge in [0.05, 0.1) is 6.04 Å². The highest BCUT2D eigenvalue weighted by molar-refractivity contribution is 7.98. The lowest BCUT2D eigenvalue weighted by molar-refractivity contribution is -0.142. The Kier molecular flexibility index (Phi) is 12.4. The monoisotopic (exact) mass is 496 g/mol. The first-order chi connectivity index (χ1) is 16.0. The number of amides is 3.